The van der Waals surface area contributed by atoms with E-state index in [1.165, 1.54) is 12.8 Å². The van der Waals surface area contributed by atoms with Crippen molar-refractivity contribution in [3.63, 3.8) is 0 Å². The maximum atomic E-state index is 8.96. The third-order valence-corrected chi connectivity index (χ3v) is 3.57. The first kappa shape index (κ1) is 11.0. The van der Waals surface area contributed by atoms with Gasteiger partial charge in [-0.2, -0.15) is 0 Å². The molecule has 0 aromatic heterocycles. The van der Waals surface area contributed by atoms with Crippen LogP contribution in [-0.4, -0.2) is 24.8 Å². The fraction of sp³-hybridized carbons (Fsp3) is 1.00. The summed E-state index contributed by atoms with van der Waals surface area (Å²) in [6.07, 6.45) is 5.53. The van der Waals surface area contributed by atoms with Gasteiger partial charge in [0.2, 0.25) is 0 Å². The second kappa shape index (κ2) is 4.94. The third-order valence-electron chi connectivity index (χ3n) is 3.57. The topological polar surface area (TPSA) is 72.3 Å². The molecule has 0 spiro atoms. The van der Waals surface area contributed by atoms with Gasteiger partial charge in [0.15, 0.2) is 0 Å². The summed E-state index contributed by atoms with van der Waals surface area (Å²) in [6.45, 7) is 1.79. The lowest BCUT2D eigenvalue weighted by Gasteiger charge is -2.38. The normalized spacial score (nSPS) is 34.8. The second-order valence-corrected chi connectivity index (χ2v) is 4.36. The number of aliphatic hydroxyl groups is 1. The predicted molar refractivity (Wildman–Crippen MR) is 54.2 cm³/mol. The Morgan fingerprint density at radius 2 is 1.85 bits per heavy atom. The summed E-state index contributed by atoms with van der Waals surface area (Å²) in [7, 11) is 0. The highest BCUT2D eigenvalue weighted by atomic mass is 16.3. The van der Waals surface area contributed by atoms with Gasteiger partial charge in [0.05, 0.1) is 0 Å². The van der Waals surface area contributed by atoms with E-state index < -0.39 is 0 Å². The number of hydrogen-bond donors (Lipinski definition) is 3. The Hall–Kier alpha value is -0.120. The van der Waals surface area contributed by atoms with E-state index in [9.17, 15) is 0 Å². The minimum absolute atomic E-state index is 0.223. The van der Waals surface area contributed by atoms with E-state index in [0.29, 0.717) is 12.5 Å². The van der Waals surface area contributed by atoms with Gasteiger partial charge >= 0.3 is 0 Å². The van der Waals surface area contributed by atoms with Gasteiger partial charge < -0.3 is 16.6 Å². The molecule has 0 saturated heterocycles. The average molecular weight is 186 g/mol. The fourth-order valence-electron chi connectivity index (χ4n) is 2.32. The van der Waals surface area contributed by atoms with Gasteiger partial charge in [-0.1, -0.05) is 0 Å². The molecule has 3 heteroatoms. The average Bonchev–Trinajstić information content (AvgIpc) is 2.19. The largest absolute Gasteiger partial charge is 0.396 e. The number of aliphatic hydroxyl groups excluding tert-OH is 1. The Bertz CT molecular complexity index is 142. The third kappa shape index (κ3) is 2.66. The van der Waals surface area contributed by atoms with Gasteiger partial charge in [-0.3, -0.25) is 0 Å². The van der Waals surface area contributed by atoms with Crippen molar-refractivity contribution in [2.24, 2.45) is 22.8 Å². The van der Waals surface area contributed by atoms with Gasteiger partial charge in [-0.15, -0.1) is 0 Å². The lowest BCUT2D eigenvalue weighted by molar-refractivity contribution is 0.114. The van der Waals surface area contributed by atoms with Crippen molar-refractivity contribution < 1.29 is 5.11 Å². The van der Waals surface area contributed by atoms with Crippen molar-refractivity contribution >= 4 is 0 Å². The molecule has 78 valence electrons. The molecule has 1 aliphatic rings. The van der Waals surface area contributed by atoms with Crippen LogP contribution in [0, 0.1) is 11.3 Å². The monoisotopic (exact) mass is 186 g/mol. The van der Waals surface area contributed by atoms with Crippen LogP contribution in [0.15, 0.2) is 0 Å². The Labute approximate surface area is 80.5 Å². The van der Waals surface area contributed by atoms with Crippen molar-refractivity contribution in [3.8, 4) is 0 Å². The second-order valence-electron chi connectivity index (χ2n) is 4.36. The molecule has 0 heterocycles. The maximum absolute atomic E-state index is 8.96. The molecule has 0 aromatic rings. The van der Waals surface area contributed by atoms with Gasteiger partial charge in [-0.25, -0.2) is 0 Å². The summed E-state index contributed by atoms with van der Waals surface area (Å²) in [6, 6.07) is 0. The molecule has 0 radical (unpaired) electrons. The van der Waals surface area contributed by atoms with E-state index in [0.717, 1.165) is 25.8 Å². The lowest BCUT2D eigenvalue weighted by atomic mass is 9.69. The maximum Gasteiger partial charge on any atom is 0.0436 e. The first-order valence-corrected chi connectivity index (χ1v) is 5.27. The van der Waals surface area contributed by atoms with Crippen LogP contribution in [0.25, 0.3) is 0 Å². The molecule has 5 N–H and O–H groups in total. The van der Waals surface area contributed by atoms with E-state index in [1.54, 1.807) is 0 Å². The first-order valence-electron chi connectivity index (χ1n) is 5.27. The van der Waals surface area contributed by atoms with E-state index >= 15 is 0 Å². The lowest BCUT2D eigenvalue weighted by Crippen LogP contribution is -2.37. The highest BCUT2D eigenvalue weighted by Crippen LogP contribution is 2.40. The molecule has 0 unspecified atom stereocenters. The number of hydrogen-bond acceptors (Lipinski definition) is 3. The zero-order chi connectivity index (χ0) is 9.73. The molecule has 13 heavy (non-hydrogen) atoms. The molecule has 1 rings (SSSR count). The van der Waals surface area contributed by atoms with Crippen LogP contribution in [0.3, 0.4) is 0 Å². The van der Waals surface area contributed by atoms with Crippen LogP contribution in [0.1, 0.15) is 32.1 Å². The molecule has 1 fully saturated rings. The molecule has 0 bridgehead atoms. The Morgan fingerprint density at radius 1 is 1.23 bits per heavy atom. The van der Waals surface area contributed by atoms with Gasteiger partial charge in [0.1, 0.15) is 0 Å². The van der Waals surface area contributed by atoms with E-state index in [-0.39, 0.29) is 12.0 Å². The first-order chi connectivity index (χ1) is 6.26. The summed E-state index contributed by atoms with van der Waals surface area (Å²) in [5.41, 5.74) is 11.6. The van der Waals surface area contributed by atoms with Crippen LogP contribution in [0.4, 0.5) is 0 Å². The van der Waals surface area contributed by atoms with Crippen LogP contribution >= 0.6 is 0 Å². The zero-order valence-corrected chi connectivity index (χ0v) is 8.34. The Morgan fingerprint density at radius 3 is 2.23 bits per heavy atom. The minimum Gasteiger partial charge on any atom is -0.396 e. The molecule has 1 saturated carbocycles. The molecule has 3 nitrogen and oxygen atoms in total. The highest BCUT2D eigenvalue weighted by molar-refractivity contribution is 4.86. The summed E-state index contributed by atoms with van der Waals surface area (Å²) in [5, 5.41) is 8.96. The minimum atomic E-state index is 0.223. The molecular weight excluding hydrogens is 164 g/mol. The summed E-state index contributed by atoms with van der Waals surface area (Å²) in [5.74, 6) is 0.693. The quantitative estimate of drug-likeness (QED) is 0.597. The predicted octanol–water partition coefficient (Wildman–Crippen LogP) is 0.463. The molecule has 0 aliphatic heterocycles. The Balaban J connectivity index is 2.42. The molecule has 0 amide bonds. The van der Waals surface area contributed by atoms with Crippen molar-refractivity contribution in [2.45, 2.75) is 32.1 Å². The molecule has 1 aliphatic carbocycles. The summed E-state index contributed by atoms with van der Waals surface area (Å²) < 4.78 is 0. The van der Waals surface area contributed by atoms with Crippen LogP contribution in [0.2, 0.25) is 0 Å². The van der Waals surface area contributed by atoms with Gasteiger partial charge in [0.25, 0.3) is 0 Å². The molecular formula is C10H22N2O. The highest BCUT2D eigenvalue weighted by Gasteiger charge is 2.32. The van der Waals surface area contributed by atoms with Crippen LogP contribution in [0.5, 0.6) is 0 Å². The zero-order valence-electron chi connectivity index (χ0n) is 8.34. The SMILES string of the molecule is NCC1CCC(CN)(CCO)CC1. The standard InChI is InChI=1S/C10H22N2O/c11-7-9-1-3-10(8-12,4-2-9)5-6-13/h9,13H,1-8,11-12H2. The van der Waals surface area contributed by atoms with E-state index in [1.807, 2.05) is 0 Å². The van der Waals surface area contributed by atoms with Crippen molar-refractivity contribution in [3.05, 3.63) is 0 Å². The van der Waals surface area contributed by atoms with Crippen LogP contribution in [-0.2, 0) is 0 Å². The molecule has 0 atom stereocenters. The smallest absolute Gasteiger partial charge is 0.0436 e. The number of rotatable bonds is 4. The summed E-state index contributed by atoms with van der Waals surface area (Å²) >= 11 is 0. The number of nitrogens with two attached hydrogens (primary N) is 2. The summed E-state index contributed by atoms with van der Waals surface area (Å²) in [4.78, 5) is 0. The van der Waals surface area contributed by atoms with Crippen molar-refractivity contribution in [1.82, 2.24) is 0 Å². The van der Waals surface area contributed by atoms with E-state index in [2.05, 4.69) is 0 Å². The fourth-order valence-corrected chi connectivity index (χ4v) is 2.32. The molecule has 0 aromatic carbocycles. The van der Waals surface area contributed by atoms with Gasteiger partial charge in [-0.05, 0) is 56.5 Å². The van der Waals surface area contributed by atoms with Crippen LogP contribution < -0.4 is 11.5 Å². The van der Waals surface area contributed by atoms with Gasteiger partial charge in [0, 0.05) is 6.61 Å². The van der Waals surface area contributed by atoms with E-state index in [4.69, 9.17) is 16.6 Å². The Kier molecular flexibility index (Phi) is 4.16. The van der Waals surface area contributed by atoms with Crippen molar-refractivity contribution in [1.29, 1.82) is 0 Å². The van der Waals surface area contributed by atoms with Crippen molar-refractivity contribution in [2.75, 3.05) is 19.7 Å².